The van der Waals surface area contributed by atoms with Gasteiger partial charge in [0.2, 0.25) is 5.91 Å². The maximum Gasteiger partial charge on any atom is 0.326 e. The normalized spacial score (nSPS) is 22.3. The number of hydrogen-bond donors (Lipinski definition) is 1. The number of carbonyl (C=O) groups excluding carboxylic acids is 1. The fourth-order valence-corrected chi connectivity index (χ4v) is 4.12. The van der Waals surface area contributed by atoms with Crippen LogP contribution in [-0.2, 0) is 19.7 Å². The van der Waals surface area contributed by atoms with E-state index in [1.54, 1.807) is 0 Å². The van der Waals surface area contributed by atoms with Gasteiger partial charge in [-0.25, -0.2) is 8.70 Å². The van der Waals surface area contributed by atoms with E-state index in [4.69, 9.17) is 4.74 Å². The first-order valence-electron chi connectivity index (χ1n) is 7.34. The molecule has 2 aliphatic rings. The van der Waals surface area contributed by atoms with Gasteiger partial charge in [0, 0.05) is 26.3 Å². The average molecular weight is 343 g/mol. The number of anilines is 2. The molecule has 1 aromatic rings. The topological polar surface area (TPSA) is 79.0 Å². The highest BCUT2D eigenvalue weighted by Crippen LogP contribution is 2.39. The molecule has 9 heteroatoms. The highest BCUT2D eigenvalue weighted by Gasteiger charge is 2.39. The Morgan fingerprint density at radius 2 is 2.22 bits per heavy atom. The molecular formula is C14H18FN3O4S. The summed E-state index contributed by atoms with van der Waals surface area (Å²) in [7, 11) is -2.49. The summed E-state index contributed by atoms with van der Waals surface area (Å²) in [5.41, 5.74) is 0.512. The molecule has 0 aromatic heterocycles. The van der Waals surface area contributed by atoms with Crippen LogP contribution in [0.1, 0.15) is 12.8 Å². The van der Waals surface area contributed by atoms with Gasteiger partial charge in [-0.15, -0.1) is 0 Å². The summed E-state index contributed by atoms with van der Waals surface area (Å²) in [5, 5.41) is 2.67. The molecule has 2 aliphatic heterocycles. The fourth-order valence-electron chi connectivity index (χ4n) is 2.75. The molecule has 23 heavy (non-hydrogen) atoms. The van der Waals surface area contributed by atoms with E-state index in [1.807, 2.05) is 0 Å². The largest absolute Gasteiger partial charge is 0.376 e. The van der Waals surface area contributed by atoms with Crippen LogP contribution < -0.4 is 13.9 Å². The van der Waals surface area contributed by atoms with Gasteiger partial charge in [0.05, 0.1) is 17.5 Å². The number of halogens is 1. The lowest BCUT2D eigenvalue weighted by Crippen LogP contribution is -2.44. The van der Waals surface area contributed by atoms with Gasteiger partial charge in [-0.2, -0.15) is 8.42 Å². The van der Waals surface area contributed by atoms with Gasteiger partial charge in [0.1, 0.15) is 12.4 Å². The second-order valence-corrected chi connectivity index (χ2v) is 7.44. The highest BCUT2D eigenvalue weighted by atomic mass is 32.2. The summed E-state index contributed by atoms with van der Waals surface area (Å²) in [5.74, 6) is -1.01. The van der Waals surface area contributed by atoms with Crippen molar-refractivity contribution in [3.05, 3.63) is 24.0 Å². The lowest BCUT2D eigenvalue weighted by molar-refractivity contribution is -0.120. The van der Waals surface area contributed by atoms with Crippen LogP contribution in [0.4, 0.5) is 15.8 Å². The highest BCUT2D eigenvalue weighted by molar-refractivity contribution is 7.94. The van der Waals surface area contributed by atoms with Crippen molar-refractivity contribution in [3.8, 4) is 0 Å². The molecule has 0 saturated carbocycles. The molecule has 1 N–H and O–H groups in total. The van der Waals surface area contributed by atoms with Gasteiger partial charge in [0.25, 0.3) is 0 Å². The number of benzene rings is 1. The molecule has 0 unspecified atom stereocenters. The van der Waals surface area contributed by atoms with Gasteiger partial charge in [0.15, 0.2) is 0 Å². The van der Waals surface area contributed by atoms with Gasteiger partial charge < -0.3 is 10.1 Å². The molecular weight excluding hydrogens is 325 g/mol. The molecule has 3 rings (SSSR count). The van der Waals surface area contributed by atoms with Gasteiger partial charge in [-0.05, 0) is 25.0 Å². The molecule has 7 nitrogen and oxygen atoms in total. The Labute approximate surface area is 134 Å². The number of ether oxygens (including phenoxy) is 1. The average Bonchev–Trinajstić information content (AvgIpc) is 3.08. The maximum atomic E-state index is 13.4. The molecule has 1 aromatic carbocycles. The Kier molecular flexibility index (Phi) is 4.15. The number of nitrogens with one attached hydrogen (secondary N) is 1. The van der Waals surface area contributed by atoms with Gasteiger partial charge >= 0.3 is 10.2 Å². The van der Waals surface area contributed by atoms with Crippen molar-refractivity contribution >= 4 is 27.5 Å². The van der Waals surface area contributed by atoms with Gasteiger partial charge in [-0.3, -0.25) is 9.10 Å². The first kappa shape index (κ1) is 16.0. The second kappa shape index (κ2) is 5.97. The van der Waals surface area contributed by atoms with Crippen LogP contribution in [0.3, 0.4) is 0 Å². The van der Waals surface area contributed by atoms with Gasteiger partial charge in [-0.1, -0.05) is 0 Å². The third-order valence-electron chi connectivity index (χ3n) is 4.01. The van der Waals surface area contributed by atoms with Crippen molar-refractivity contribution in [1.29, 1.82) is 0 Å². The van der Waals surface area contributed by atoms with E-state index >= 15 is 0 Å². The molecule has 0 bridgehead atoms. The van der Waals surface area contributed by atoms with Crippen LogP contribution in [0.5, 0.6) is 0 Å². The zero-order valence-electron chi connectivity index (χ0n) is 12.7. The Morgan fingerprint density at radius 3 is 2.91 bits per heavy atom. The van der Waals surface area contributed by atoms with Crippen molar-refractivity contribution in [1.82, 2.24) is 5.32 Å². The standard InChI is InChI=1S/C14H18FN3O4S/c1-17-12-5-4-10(15)7-13(12)18(23(17,20)21)9-14(19)16-8-11-3-2-6-22-11/h4-5,7,11H,2-3,6,8-9H2,1H3,(H,16,19)/t11-/m0/s1. The van der Waals surface area contributed by atoms with Crippen LogP contribution in [0, 0.1) is 5.82 Å². The SMILES string of the molecule is CN1c2ccc(F)cc2N(CC(=O)NC[C@@H]2CCCO2)S1(=O)=O. The lowest BCUT2D eigenvalue weighted by atomic mass is 10.2. The quantitative estimate of drug-likeness (QED) is 0.869. The number of carbonyl (C=O) groups is 1. The first-order valence-corrected chi connectivity index (χ1v) is 8.74. The summed E-state index contributed by atoms with van der Waals surface area (Å²) in [6.45, 7) is 0.632. The summed E-state index contributed by atoms with van der Waals surface area (Å²) in [4.78, 5) is 12.1. The van der Waals surface area contributed by atoms with Crippen LogP contribution in [0.25, 0.3) is 0 Å². The lowest BCUT2D eigenvalue weighted by Gasteiger charge is -2.19. The zero-order valence-corrected chi connectivity index (χ0v) is 13.5. The van der Waals surface area contributed by atoms with E-state index < -0.39 is 28.5 Å². The van der Waals surface area contributed by atoms with Crippen LogP contribution in [0.15, 0.2) is 18.2 Å². The number of nitrogens with zero attached hydrogens (tertiary/aromatic N) is 2. The van der Waals surface area contributed by atoms with Crippen molar-refractivity contribution in [2.45, 2.75) is 18.9 Å². The Morgan fingerprint density at radius 1 is 1.43 bits per heavy atom. The van der Waals surface area contributed by atoms with E-state index in [2.05, 4.69) is 5.32 Å². The third kappa shape index (κ3) is 2.98. The molecule has 0 spiro atoms. The summed E-state index contributed by atoms with van der Waals surface area (Å²) >= 11 is 0. The van der Waals surface area contributed by atoms with Crippen LogP contribution in [0.2, 0.25) is 0 Å². The molecule has 0 aliphatic carbocycles. The van der Waals surface area contributed by atoms with Crippen LogP contribution in [-0.4, -0.2) is 47.2 Å². The Bertz CT molecular complexity index is 719. The molecule has 1 saturated heterocycles. The number of rotatable bonds is 4. The molecule has 1 fully saturated rings. The van der Waals surface area contributed by atoms with E-state index in [9.17, 15) is 17.6 Å². The smallest absolute Gasteiger partial charge is 0.326 e. The predicted octanol–water partition coefficient (Wildman–Crippen LogP) is 0.622. The van der Waals surface area contributed by atoms with Crippen molar-refractivity contribution < 1.29 is 22.3 Å². The third-order valence-corrected chi connectivity index (χ3v) is 5.78. The van der Waals surface area contributed by atoms with Crippen LogP contribution >= 0.6 is 0 Å². The molecule has 2 heterocycles. The zero-order chi connectivity index (χ0) is 16.6. The summed E-state index contributed by atoms with van der Waals surface area (Å²) < 4.78 is 45.6. The first-order chi connectivity index (χ1) is 10.9. The molecule has 1 amide bonds. The molecule has 1 atom stereocenters. The van der Waals surface area contributed by atoms with Crippen molar-refractivity contribution in [2.75, 3.05) is 35.4 Å². The molecule has 126 valence electrons. The van der Waals surface area contributed by atoms with E-state index in [0.29, 0.717) is 18.8 Å². The van der Waals surface area contributed by atoms with Crippen molar-refractivity contribution in [3.63, 3.8) is 0 Å². The maximum absolute atomic E-state index is 13.4. The number of hydrogen-bond acceptors (Lipinski definition) is 4. The summed E-state index contributed by atoms with van der Waals surface area (Å²) in [6, 6.07) is 3.68. The van der Waals surface area contributed by atoms with E-state index in [1.165, 1.54) is 19.2 Å². The Hall–Kier alpha value is -1.87. The summed E-state index contributed by atoms with van der Waals surface area (Å²) in [6.07, 6.45) is 1.80. The minimum Gasteiger partial charge on any atom is -0.376 e. The molecule has 0 radical (unpaired) electrons. The number of amides is 1. The monoisotopic (exact) mass is 343 g/mol. The predicted molar refractivity (Wildman–Crippen MR) is 83.1 cm³/mol. The fraction of sp³-hybridized carbons (Fsp3) is 0.500. The minimum atomic E-state index is -3.87. The Balaban J connectivity index is 1.73. The number of fused-ring (bicyclic) bond motifs is 1. The minimum absolute atomic E-state index is 0.0264. The second-order valence-electron chi connectivity index (χ2n) is 5.55. The van der Waals surface area contributed by atoms with Crippen molar-refractivity contribution in [2.24, 2.45) is 0 Å². The van der Waals surface area contributed by atoms with E-state index in [0.717, 1.165) is 27.5 Å². The van der Waals surface area contributed by atoms with E-state index in [-0.39, 0.29) is 11.8 Å².